The number of nitrogens with zero attached hydrogens (tertiary/aromatic N) is 2. The predicted octanol–water partition coefficient (Wildman–Crippen LogP) is 3.66. The molecule has 2 aromatic carbocycles. The van der Waals surface area contributed by atoms with Crippen LogP contribution in [0.4, 0.5) is 0 Å². The van der Waals surface area contributed by atoms with Crippen molar-refractivity contribution in [2.75, 3.05) is 6.54 Å². The SMILES string of the molecule is CC(C)NC(=O)C(C)N(Cc1ccc(Cl)cc1)C(=O)CCCN1C(=O)c2ccccc2C1=O. The first-order chi connectivity index (χ1) is 15.7. The first kappa shape index (κ1) is 24.5. The lowest BCUT2D eigenvalue weighted by Crippen LogP contribution is -2.49. The van der Waals surface area contributed by atoms with Gasteiger partial charge in [-0.1, -0.05) is 35.9 Å². The van der Waals surface area contributed by atoms with Crippen LogP contribution in [0.15, 0.2) is 48.5 Å². The summed E-state index contributed by atoms with van der Waals surface area (Å²) in [6, 6.07) is 13.1. The number of hydrogen-bond donors (Lipinski definition) is 1. The second kappa shape index (κ2) is 10.6. The quantitative estimate of drug-likeness (QED) is 0.568. The van der Waals surface area contributed by atoms with Gasteiger partial charge < -0.3 is 10.2 Å². The van der Waals surface area contributed by atoms with E-state index in [0.717, 1.165) is 5.56 Å². The van der Waals surface area contributed by atoms with Gasteiger partial charge in [-0.05, 0) is 57.0 Å². The van der Waals surface area contributed by atoms with Crippen LogP contribution in [0.2, 0.25) is 5.02 Å². The normalized spacial score (nSPS) is 13.8. The molecule has 0 saturated heterocycles. The predicted molar refractivity (Wildman–Crippen MR) is 126 cm³/mol. The molecule has 1 N–H and O–H groups in total. The second-order valence-corrected chi connectivity index (χ2v) is 8.83. The van der Waals surface area contributed by atoms with E-state index >= 15 is 0 Å². The lowest BCUT2D eigenvalue weighted by Gasteiger charge is -2.29. The van der Waals surface area contributed by atoms with E-state index in [1.165, 1.54) is 9.80 Å². The summed E-state index contributed by atoms with van der Waals surface area (Å²) in [4.78, 5) is 53.5. The number of benzene rings is 2. The minimum Gasteiger partial charge on any atom is -0.352 e. The summed E-state index contributed by atoms with van der Waals surface area (Å²) in [5.41, 5.74) is 1.62. The van der Waals surface area contributed by atoms with Gasteiger partial charge in [0.25, 0.3) is 11.8 Å². The van der Waals surface area contributed by atoms with Crippen LogP contribution >= 0.6 is 11.6 Å². The Labute approximate surface area is 198 Å². The van der Waals surface area contributed by atoms with E-state index in [0.29, 0.717) is 22.6 Å². The number of hydrogen-bond acceptors (Lipinski definition) is 4. The number of imide groups is 1. The number of carbonyl (C=O) groups excluding carboxylic acids is 4. The molecule has 0 radical (unpaired) electrons. The highest BCUT2D eigenvalue weighted by molar-refractivity contribution is 6.30. The monoisotopic (exact) mass is 469 g/mol. The zero-order valence-electron chi connectivity index (χ0n) is 19.0. The van der Waals surface area contributed by atoms with E-state index in [1.807, 2.05) is 26.0 Å². The number of carbonyl (C=O) groups is 4. The molecule has 1 atom stereocenters. The fourth-order valence-corrected chi connectivity index (χ4v) is 3.87. The van der Waals surface area contributed by atoms with E-state index in [4.69, 9.17) is 11.6 Å². The maximum atomic E-state index is 13.1. The Morgan fingerprint density at radius 1 is 0.970 bits per heavy atom. The number of rotatable bonds is 9. The van der Waals surface area contributed by atoms with Gasteiger partial charge in [-0.15, -0.1) is 0 Å². The maximum Gasteiger partial charge on any atom is 0.261 e. The molecule has 8 heteroatoms. The lowest BCUT2D eigenvalue weighted by atomic mass is 10.1. The third-order valence-electron chi connectivity index (χ3n) is 5.51. The summed E-state index contributed by atoms with van der Waals surface area (Å²) < 4.78 is 0. The van der Waals surface area contributed by atoms with E-state index in [9.17, 15) is 19.2 Å². The fourth-order valence-electron chi connectivity index (χ4n) is 3.75. The molecule has 33 heavy (non-hydrogen) atoms. The van der Waals surface area contributed by atoms with Crippen LogP contribution in [0.25, 0.3) is 0 Å². The van der Waals surface area contributed by atoms with Crippen molar-refractivity contribution in [1.29, 1.82) is 0 Å². The van der Waals surface area contributed by atoms with Crippen LogP contribution in [-0.4, -0.2) is 52.1 Å². The maximum absolute atomic E-state index is 13.1. The summed E-state index contributed by atoms with van der Waals surface area (Å²) in [6.07, 6.45) is 0.403. The van der Waals surface area contributed by atoms with Crippen molar-refractivity contribution in [2.24, 2.45) is 0 Å². The Kier molecular flexibility index (Phi) is 7.87. The highest BCUT2D eigenvalue weighted by Gasteiger charge is 2.35. The molecule has 0 aromatic heterocycles. The Hall–Kier alpha value is -3.19. The van der Waals surface area contributed by atoms with Crippen molar-refractivity contribution in [1.82, 2.24) is 15.1 Å². The van der Waals surface area contributed by atoms with Crippen LogP contribution in [0.3, 0.4) is 0 Å². The molecular formula is C25H28ClN3O4. The molecule has 0 saturated carbocycles. The first-order valence-electron chi connectivity index (χ1n) is 11.0. The summed E-state index contributed by atoms with van der Waals surface area (Å²) in [5.74, 6) is -1.16. The van der Waals surface area contributed by atoms with Crippen molar-refractivity contribution in [2.45, 2.75) is 52.2 Å². The lowest BCUT2D eigenvalue weighted by molar-refractivity contribution is -0.140. The molecule has 0 aliphatic carbocycles. The zero-order valence-corrected chi connectivity index (χ0v) is 19.8. The Morgan fingerprint density at radius 3 is 2.09 bits per heavy atom. The molecule has 1 aliphatic heterocycles. The number of amides is 4. The van der Waals surface area contributed by atoms with Gasteiger partial charge in [0.05, 0.1) is 11.1 Å². The van der Waals surface area contributed by atoms with Crippen molar-refractivity contribution < 1.29 is 19.2 Å². The molecule has 0 fully saturated rings. The largest absolute Gasteiger partial charge is 0.352 e. The van der Waals surface area contributed by atoms with Crippen LogP contribution in [0, 0.1) is 0 Å². The summed E-state index contributed by atoms with van der Waals surface area (Å²) in [5, 5.41) is 3.43. The summed E-state index contributed by atoms with van der Waals surface area (Å²) >= 11 is 5.96. The standard InChI is InChI=1S/C25H28ClN3O4/c1-16(2)27-23(31)17(3)29(15-18-10-12-19(26)13-11-18)22(30)9-6-14-28-24(32)20-7-4-5-8-21(20)25(28)33/h4-5,7-8,10-13,16-17H,6,9,14-15H2,1-3H3,(H,27,31). The molecule has 174 valence electrons. The first-order valence-corrected chi connectivity index (χ1v) is 11.4. The minimum atomic E-state index is -0.685. The van der Waals surface area contributed by atoms with E-state index in [2.05, 4.69) is 5.32 Å². The number of halogens is 1. The summed E-state index contributed by atoms with van der Waals surface area (Å²) in [6.45, 7) is 5.79. The molecule has 0 bridgehead atoms. The highest BCUT2D eigenvalue weighted by atomic mass is 35.5. The van der Waals surface area contributed by atoms with Crippen molar-refractivity contribution >= 4 is 35.2 Å². The average molecular weight is 470 g/mol. The third-order valence-corrected chi connectivity index (χ3v) is 5.77. The molecule has 0 spiro atoms. The van der Waals surface area contributed by atoms with Gasteiger partial charge in [-0.3, -0.25) is 24.1 Å². The van der Waals surface area contributed by atoms with Crippen molar-refractivity contribution in [3.63, 3.8) is 0 Å². The van der Waals surface area contributed by atoms with E-state index in [-0.39, 0.29) is 49.2 Å². The molecule has 1 aliphatic rings. The minimum absolute atomic E-state index is 0.0544. The molecule has 1 unspecified atom stereocenters. The van der Waals surface area contributed by atoms with Crippen LogP contribution < -0.4 is 5.32 Å². The second-order valence-electron chi connectivity index (χ2n) is 8.40. The molecule has 4 amide bonds. The molecule has 1 heterocycles. The number of nitrogens with one attached hydrogen (secondary N) is 1. The van der Waals surface area contributed by atoms with Gasteiger partial charge in [0.15, 0.2) is 0 Å². The van der Waals surface area contributed by atoms with Gasteiger partial charge in [0.1, 0.15) is 6.04 Å². The van der Waals surface area contributed by atoms with Crippen molar-refractivity contribution in [3.8, 4) is 0 Å². The number of fused-ring (bicyclic) bond motifs is 1. The van der Waals surface area contributed by atoms with E-state index in [1.54, 1.807) is 43.3 Å². The Morgan fingerprint density at radius 2 is 1.55 bits per heavy atom. The molecular weight excluding hydrogens is 442 g/mol. The molecule has 7 nitrogen and oxygen atoms in total. The van der Waals surface area contributed by atoms with Gasteiger partial charge in [-0.2, -0.15) is 0 Å². The topological polar surface area (TPSA) is 86.8 Å². The van der Waals surface area contributed by atoms with Gasteiger partial charge in [-0.25, -0.2) is 0 Å². The van der Waals surface area contributed by atoms with Crippen LogP contribution in [0.1, 0.15) is 59.9 Å². The zero-order chi connectivity index (χ0) is 24.1. The van der Waals surface area contributed by atoms with Crippen molar-refractivity contribution in [3.05, 3.63) is 70.2 Å². The van der Waals surface area contributed by atoms with Gasteiger partial charge in [0.2, 0.25) is 11.8 Å². The van der Waals surface area contributed by atoms with Gasteiger partial charge >= 0.3 is 0 Å². The highest BCUT2D eigenvalue weighted by Crippen LogP contribution is 2.23. The van der Waals surface area contributed by atoms with Crippen LogP contribution in [0.5, 0.6) is 0 Å². The summed E-state index contributed by atoms with van der Waals surface area (Å²) in [7, 11) is 0. The molecule has 2 aromatic rings. The third kappa shape index (κ3) is 5.79. The average Bonchev–Trinajstić information content (AvgIpc) is 3.02. The van der Waals surface area contributed by atoms with Crippen LogP contribution in [-0.2, 0) is 16.1 Å². The van der Waals surface area contributed by atoms with Gasteiger partial charge in [0, 0.05) is 30.6 Å². The van der Waals surface area contributed by atoms with E-state index < -0.39 is 6.04 Å². The smallest absolute Gasteiger partial charge is 0.261 e. The fraction of sp³-hybridized carbons (Fsp3) is 0.360. The molecule has 3 rings (SSSR count). The Balaban J connectivity index is 1.66. The Bertz CT molecular complexity index is 1020.